The first-order valence-corrected chi connectivity index (χ1v) is 7.94. The predicted octanol–water partition coefficient (Wildman–Crippen LogP) is 2.45. The SMILES string of the molecule is S=C(NC1CCCC1)N1CCOC2CCCCC21. The lowest BCUT2D eigenvalue weighted by molar-refractivity contribution is -0.0640. The number of hydrogen-bond donors (Lipinski definition) is 1. The van der Waals surface area contributed by atoms with Crippen molar-refractivity contribution in [3.05, 3.63) is 0 Å². The van der Waals surface area contributed by atoms with Crippen molar-refractivity contribution in [1.82, 2.24) is 10.2 Å². The van der Waals surface area contributed by atoms with Crippen LogP contribution in [-0.2, 0) is 4.74 Å². The van der Waals surface area contributed by atoms with Crippen LogP contribution in [0.3, 0.4) is 0 Å². The van der Waals surface area contributed by atoms with Crippen molar-refractivity contribution in [2.75, 3.05) is 13.2 Å². The van der Waals surface area contributed by atoms with E-state index in [1.54, 1.807) is 0 Å². The quantitative estimate of drug-likeness (QED) is 0.738. The zero-order valence-corrected chi connectivity index (χ0v) is 11.9. The number of ether oxygens (including phenoxy) is 1. The van der Waals surface area contributed by atoms with Gasteiger partial charge in [-0.3, -0.25) is 0 Å². The highest BCUT2D eigenvalue weighted by Crippen LogP contribution is 2.29. The van der Waals surface area contributed by atoms with Crippen LogP contribution in [0, 0.1) is 0 Å². The highest BCUT2D eigenvalue weighted by atomic mass is 32.1. The van der Waals surface area contributed by atoms with Crippen LogP contribution in [0.15, 0.2) is 0 Å². The molecule has 4 heteroatoms. The highest BCUT2D eigenvalue weighted by Gasteiger charge is 2.35. The third-order valence-corrected chi connectivity index (χ3v) is 5.03. The van der Waals surface area contributed by atoms with Gasteiger partial charge >= 0.3 is 0 Å². The van der Waals surface area contributed by atoms with E-state index in [0.29, 0.717) is 18.2 Å². The van der Waals surface area contributed by atoms with Gasteiger partial charge in [0, 0.05) is 12.6 Å². The fourth-order valence-corrected chi connectivity index (χ4v) is 4.07. The third-order valence-electron chi connectivity index (χ3n) is 4.68. The summed E-state index contributed by atoms with van der Waals surface area (Å²) in [6.07, 6.45) is 10.8. The number of morpholine rings is 1. The van der Waals surface area contributed by atoms with Crippen LogP contribution in [-0.4, -0.2) is 41.4 Å². The van der Waals surface area contributed by atoms with Crippen molar-refractivity contribution in [1.29, 1.82) is 0 Å². The summed E-state index contributed by atoms with van der Waals surface area (Å²) in [6.45, 7) is 1.81. The summed E-state index contributed by atoms with van der Waals surface area (Å²) >= 11 is 5.64. The third kappa shape index (κ3) is 2.64. The van der Waals surface area contributed by atoms with E-state index in [9.17, 15) is 0 Å². The van der Waals surface area contributed by atoms with Crippen LogP contribution < -0.4 is 5.32 Å². The van der Waals surface area contributed by atoms with E-state index in [2.05, 4.69) is 10.2 Å². The van der Waals surface area contributed by atoms with E-state index in [1.807, 2.05) is 0 Å². The smallest absolute Gasteiger partial charge is 0.169 e. The molecule has 3 fully saturated rings. The average Bonchev–Trinajstić information content (AvgIpc) is 2.91. The summed E-state index contributed by atoms with van der Waals surface area (Å²) in [4.78, 5) is 2.42. The monoisotopic (exact) mass is 268 g/mol. The van der Waals surface area contributed by atoms with E-state index in [1.165, 1.54) is 51.4 Å². The summed E-state index contributed by atoms with van der Waals surface area (Å²) in [5.41, 5.74) is 0. The highest BCUT2D eigenvalue weighted by molar-refractivity contribution is 7.80. The van der Waals surface area contributed by atoms with Crippen LogP contribution in [0.4, 0.5) is 0 Å². The summed E-state index contributed by atoms with van der Waals surface area (Å²) < 4.78 is 5.90. The molecule has 1 saturated heterocycles. The molecule has 2 saturated carbocycles. The van der Waals surface area contributed by atoms with Crippen molar-refractivity contribution < 1.29 is 4.74 Å². The van der Waals surface area contributed by atoms with Crippen molar-refractivity contribution >= 4 is 17.3 Å². The molecule has 0 amide bonds. The normalized spacial score (nSPS) is 33.2. The van der Waals surface area contributed by atoms with Crippen LogP contribution in [0.1, 0.15) is 51.4 Å². The van der Waals surface area contributed by atoms with Crippen LogP contribution >= 0.6 is 12.2 Å². The van der Waals surface area contributed by atoms with Crippen molar-refractivity contribution in [2.24, 2.45) is 0 Å². The zero-order valence-electron chi connectivity index (χ0n) is 11.1. The Labute approximate surface area is 115 Å². The minimum Gasteiger partial charge on any atom is -0.374 e. The number of rotatable bonds is 1. The molecule has 0 spiro atoms. The summed E-state index contributed by atoms with van der Waals surface area (Å²) in [5.74, 6) is 0. The maximum absolute atomic E-state index is 5.90. The Hall–Kier alpha value is -0.350. The molecule has 102 valence electrons. The van der Waals surface area contributed by atoms with Gasteiger partial charge in [0.2, 0.25) is 0 Å². The van der Waals surface area contributed by atoms with Crippen molar-refractivity contribution in [3.8, 4) is 0 Å². The molecule has 3 rings (SSSR count). The Morgan fingerprint density at radius 3 is 2.61 bits per heavy atom. The summed E-state index contributed by atoms with van der Waals surface area (Å²) in [5, 5.41) is 4.57. The Morgan fingerprint density at radius 1 is 1.06 bits per heavy atom. The number of nitrogens with one attached hydrogen (secondary N) is 1. The average molecular weight is 268 g/mol. The zero-order chi connectivity index (χ0) is 12.4. The number of thiocarbonyl (C=S) groups is 1. The van der Waals surface area contributed by atoms with E-state index in [0.717, 1.165) is 18.3 Å². The first-order chi connectivity index (χ1) is 8.84. The molecule has 2 unspecified atom stereocenters. The second kappa shape index (κ2) is 5.74. The molecule has 2 aliphatic carbocycles. The Bertz CT molecular complexity index is 302. The van der Waals surface area contributed by atoms with Gasteiger partial charge in [-0.1, -0.05) is 25.7 Å². The van der Waals surface area contributed by atoms with Gasteiger partial charge in [0.25, 0.3) is 0 Å². The van der Waals surface area contributed by atoms with E-state index in [-0.39, 0.29) is 0 Å². The minimum atomic E-state index is 0.427. The van der Waals surface area contributed by atoms with Crippen molar-refractivity contribution in [3.63, 3.8) is 0 Å². The summed E-state index contributed by atoms with van der Waals surface area (Å²) in [6, 6.07) is 1.16. The number of fused-ring (bicyclic) bond motifs is 1. The minimum absolute atomic E-state index is 0.427. The Morgan fingerprint density at radius 2 is 1.78 bits per heavy atom. The molecule has 1 N–H and O–H groups in total. The molecule has 0 bridgehead atoms. The maximum atomic E-state index is 5.90. The van der Waals surface area contributed by atoms with Crippen LogP contribution in [0.5, 0.6) is 0 Å². The standard InChI is InChI=1S/C14H24N2OS/c18-14(15-11-5-1-2-6-11)16-9-10-17-13-8-4-3-7-12(13)16/h11-13H,1-10H2,(H,15,18). The predicted molar refractivity (Wildman–Crippen MR) is 76.7 cm³/mol. The fourth-order valence-electron chi connectivity index (χ4n) is 3.68. The second-order valence-electron chi connectivity index (χ2n) is 5.89. The largest absolute Gasteiger partial charge is 0.374 e. The lowest BCUT2D eigenvalue weighted by atomic mass is 9.90. The van der Waals surface area contributed by atoms with Gasteiger partial charge < -0.3 is 15.0 Å². The van der Waals surface area contributed by atoms with Gasteiger partial charge in [0.15, 0.2) is 5.11 Å². The molecule has 18 heavy (non-hydrogen) atoms. The van der Waals surface area contributed by atoms with Crippen LogP contribution in [0.25, 0.3) is 0 Å². The molecule has 3 nitrogen and oxygen atoms in total. The van der Waals surface area contributed by atoms with Gasteiger partial charge in [-0.25, -0.2) is 0 Å². The Balaban J connectivity index is 1.60. The lowest BCUT2D eigenvalue weighted by Crippen LogP contribution is -2.58. The van der Waals surface area contributed by atoms with Gasteiger partial charge in [0.05, 0.1) is 18.8 Å². The lowest BCUT2D eigenvalue weighted by Gasteiger charge is -2.45. The molecule has 0 aromatic heterocycles. The first kappa shape index (κ1) is 12.7. The van der Waals surface area contributed by atoms with E-state index < -0.39 is 0 Å². The summed E-state index contributed by atoms with van der Waals surface area (Å²) in [7, 11) is 0. The van der Waals surface area contributed by atoms with Gasteiger partial charge in [-0.2, -0.15) is 0 Å². The molecular formula is C14H24N2OS. The molecule has 1 aliphatic heterocycles. The van der Waals surface area contributed by atoms with Gasteiger partial charge in [0.1, 0.15) is 0 Å². The fraction of sp³-hybridized carbons (Fsp3) is 0.929. The molecule has 2 atom stereocenters. The number of hydrogen-bond acceptors (Lipinski definition) is 2. The molecule has 3 aliphatic rings. The van der Waals surface area contributed by atoms with E-state index in [4.69, 9.17) is 17.0 Å². The molecule has 0 aromatic carbocycles. The van der Waals surface area contributed by atoms with Crippen LogP contribution in [0.2, 0.25) is 0 Å². The first-order valence-electron chi connectivity index (χ1n) is 7.53. The second-order valence-corrected chi connectivity index (χ2v) is 6.27. The molecule has 0 aromatic rings. The molecule has 0 radical (unpaired) electrons. The number of nitrogens with zero attached hydrogens (tertiary/aromatic N) is 1. The van der Waals surface area contributed by atoms with Gasteiger partial charge in [-0.15, -0.1) is 0 Å². The maximum Gasteiger partial charge on any atom is 0.169 e. The van der Waals surface area contributed by atoms with Gasteiger partial charge in [-0.05, 0) is 37.9 Å². The Kier molecular flexibility index (Phi) is 4.04. The topological polar surface area (TPSA) is 24.5 Å². The van der Waals surface area contributed by atoms with Crippen molar-refractivity contribution in [2.45, 2.75) is 69.6 Å². The molecule has 1 heterocycles. The molecular weight excluding hydrogens is 244 g/mol. The van der Waals surface area contributed by atoms with E-state index >= 15 is 0 Å².